The lowest BCUT2D eigenvalue weighted by molar-refractivity contribution is -0.120. The predicted octanol–water partition coefficient (Wildman–Crippen LogP) is 1.76. The number of hydrogen-bond donors (Lipinski definition) is 2. The fraction of sp³-hybridized carbons (Fsp3) is 0.909. The lowest BCUT2D eigenvalue weighted by Crippen LogP contribution is -2.42. The summed E-state index contributed by atoms with van der Waals surface area (Å²) in [5.74, 6) is 1.99. The lowest BCUT2D eigenvalue weighted by atomic mass is 10.2. The fourth-order valence-electron chi connectivity index (χ4n) is 1.21. The number of unbranched alkanes of at least 4 members (excludes halogenated alkanes) is 1. The van der Waals surface area contributed by atoms with E-state index in [0.29, 0.717) is 0 Å². The van der Waals surface area contributed by atoms with Crippen LogP contribution in [0.4, 0.5) is 0 Å². The van der Waals surface area contributed by atoms with E-state index in [2.05, 4.69) is 19.2 Å². The minimum Gasteiger partial charge on any atom is -0.368 e. The second-order valence-corrected chi connectivity index (χ2v) is 4.89. The SMILES string of the molecule is CCCCSCCC(NCCC)C(N)=O. The molecule has 3 nitrogen and oxygen atoms in total. The molecule has 0 aliphatic carbocycles. The third-order valence-electron chi connectivity index (χ3n) is 2.18. The van der Waals surface area contributed by atoms with Gasteiger partial charge in [-0.2, -0.15) is 11.8 Å². The van der Waals surface area contributed by atoms with Gasteiger partial charge in [-0.3, -0.25) is 4.79 Å². The number of primary amides is 1. The maximum absolute atomic E-state index is 11.1. The second-order valence-electron chi connectivity index (χ2n) is 3.66. The van der Waals surface area contributed by atoms with E-state index in [-0.39, 0.29) is 11.9 Å². The molecule has 1 unspecified atom stereocenters. The van der Waals surface area contributed by atoms with E-state index in [1.807, 2.05) is 11.8 Å². The molecule has 0 aromatic carbocycles. The number of rotatable bonds is 10. The Bertz CT molecular complexity index is 165. The number of amides is 1. The van der Waals surface area contributed by atoms with Gasteiger partial charge in [-0.15, -0.1) is 0 Å². The molecule has 3 N–H and O–H groups in total. The minimum absolute atomic E-state index is 0.140. The smallest absolute Gasteiger partial charge is 0.234 e. The van der Waals surface area contributed by atoms with Crippen molar-refractivity contribution in [2.75, 3.05) is 18.1 Å². The maximum atomic E-state index is 11.1. The average molecular weight is 232 g/mol. The van der Waals surface area contributed by atoms with Crippen molar-refractivity contribution in [3.05, 3.63) is 0 Å². The van der Waals surface area contributed by atoms with Crippen LogP contribution >= 0.6 is 11.8 Å². The van der Waals surface area contributed by atoms with E-state index in [0.717, 1.165) is 25.1 Å². The highest BCUT2D eigenvalue weighted by Crippen LogP contribution is 2.07. The van der Waals surface area contributed by atoms with Gasteiger partial charge in [-0.05, 0) is 37.3 Å². The molecule has 0 aliphatic heterocycles. The normalized spacial score (nSPS) is 12.7. The fourth-order valence-corrected chi connectivity index (χ4v) is 2.31. The highest BCUT2D eigenvalue weighted by atomic mass is 32.2. The van der Waals surface area contributed by atoms with Gasteiger partial charge in [0.05, 0.1) is 6.04 Å². The Kier molecular flexibility index (Phi) is 10.2. The first-order valence-electron chi connectivity index (χ1n) is 5.82. The number of carbonyl (C=O) groups is 1. The molecule has 0 spiro atoms. The first-order chi connectivity index (χ1) is 7.22. The topological polar surface area (TPSA) is 55.1 Å². The Morgan fingerprint density at radius 3 is 2.60 bits per heavy atom. The highest BCUT2D eigenvalue weighted by molar-refractivity contribution is 7.99. The molecule has 0 aliphatic rings. The van der Waals surface area contributed by atoms with E-state index >= 15 is 0 Å². The Morgan fingerprint density at radius 1 is 1.33 bits per heavy atom. The molecular weight excluding hydrogens is 208 g/mol. The zero-order chi connectivity index (χ0) is 11.5. The molecule has 0 fully saturated rings. The summed E-state index contributed by atoms with van der Waals surface area (Å²) in [6.45, 7) is 5.14. The molecule has 90 valence electrons. The van der Waals surface area contributed by atoms with E-state index in [1.165, 1.54) is 18.6 Å². The molecule has 15 heavy (non-hydrogen) atoms. The van der Waals surface area contributed by atoms with Crippen molar-refractivity contribution in [2.45, 2.75) is 45.6 Å². The standard InChI is InChI=1S/C11H24N2OS/c1-3-5-8-15-9-6-10(11(12)14)13-7-4-2/h10,13H,3-9H2,1-2H3,(H2,12,14). The Morgan fingerprint density at radius 2 is 2.07 bits per heavy atom. The average Bonchev–Trinajstić information content (AvgIpc) is 2.21. The monoisotopic (exact) mass is 232 g/mol. The number of nitrogens with one attached hydrogen (secondary N) is 1. The number of thioether (sulfide) groups is 1. The molecule has 4 heteroatoms. The minimum atomic E-state index is -0.223. The zero-order valence-corrected chi connectivity index (χ0v) is 10.7. The predicted molar refractivity (Wildman–Crippen MR) is 68.1 cm³/mol. The third kappa shape index (κ3) is 8.75. The van der Waals surface area contributed by atoms with Crippen molar-refractivity contribution in [3.63, 3.8) is 0 Å². The third-order valence-corrected chi connectivity index (χ3v) is 3.28. The second kappa shape index (κ2) is 10.3. The van der Waals surface area contributed by atoms with Crippen molar-refractivity contribution in [3.8, 4) is 0 Å². The molecule has 0 rings (SSSR count). The molecule has 1 amide bonds. The Balaban J connectivity index is 3.53. The summed E-state index contributed by atoms with van der Waals surface area (Å²) in [7, 11) is 0. The van der Waals surface area contributed by atoms with E-state index < -0.39 is 0 Å². The van der Waals surface area contributed by atoms with Gasteiger partial charge in [0.25, 0.3) is 0 Å². The van der Waals surface area contributed by atoms with Crippen LogP contribution in [0.15, 0.2) is 0 Å². The molecule has 0 bridgehead atoms. The van der Waals surface area contributed by atoms with Crippen LogP contribution in [0.1, 0.15) is 39.5 Å². The Hall–Kier alpha value is -0.220. The van der Waals surface area contributed by atoms with Crippen LogP contribution in [-0.4, -0.2) is 30.0 Å². The van der Waals surface area contributed by atoms with Gasteiger partial charge < -0.3 is 11.1 Å². The summed E-state index contributed by atoms with van der Waals surface area (Å²) in [4.78, 5) is 11.1. The molecule has 1 atom stereocenters. The van der Waals surface area contributed by atoms with Crippen LogP contribution in [-0.2, 0) is 4.79 Å². The first kappa shape index (κ1) is 14.8. The summed E-state index contributed by atoms with van der Waals surface area (Å²) in [6.07, 6.45) is 4.38. The van der Waals surface area contributed by atoms with Gasteiger partial charge in [0.1, 0.15) is 0 Å². The number of nitrogens with two attached hydrogens (primary N) is 1. The summed E-state index contributed by atoms with van der Waals surface area (Å²) in [5.41, 5.74) is 5.31. The summed E-state index contributed by atoms with van der Waals surface area (Å²) in [6, 6.07) is -0.140. The van der Waals surface area contributed by atoms with Gasteiger partial charge in [0.15, 0.2) is 0 Å². The molecule has 0 saturated heterocycles. The van der Waals surface area contributed by atoms with Gasteiger partial charge >= 0.3 is 0 Å². The molecule has 0 aromatic heterocycles. The van der Waals surface area contributed by atoms with Crippen LogP contribution in [0.5, 0.6) is 0 Å². The highest BCUT2D eigenvalue weighted by Gasteiger charge is 2.12. The van der Waals surface area contributed by atoms with Crippen molar-refractivity contribution in [1.29, 1.82) is 0 Å². The summed E-state index contributed by atoms with van der Waals surface area (Å²) < 4.78 is 0. The van der Waals surface area contributed by atoms with E-state index in [4.69, 9.17) is 5.73 Å². The van der Waals surface area contributed by atoms with E-state index in [1.54, 1.807) is 0 Å². The van der Waals surface area contributed by atoms with Crippen LogP contribution < -0.4 is 11.1 Å². The van der Waals surface area contributed by atoms with Crippen molar-refractivity contribution >= 4 is 17.7 Å². The van der Waals surface area contributed by atoms with E-state index in [9.17, 15) is 4.79 Å². The number of carbonyl (C=O) groups excluding carboxylic acids is 1. The van der Waals surface area contributed by atoms with Gasteiger partial charge in [-0.1, -0.05) is 20.3 Å². The van der Waals surface area contributed by atoms with Crippen LogP contribution in [0.3, 0.4) is 0 Å². The van der Waals surface area contributed by atoms with Crippen molar-refractivity contribution < 1.29 is 4.79 Å². The molecule has 0 radical (unpaired) electrons. The van der Waals surface area contributed by atoms with Crippen LogP contribution in [0.25, 0.3) is 0 Å². The van der Waals surface area contributed by atoms with Gasteiger partial charge in [-0.25, -0.2) is 0 Å². The van der Waals surface area contributed by atoms with Crippen LogP contribution in [0.2, 0.25) is 0 Å². The summed E-state index contributed by atoms with van der Waals surface area (Å²) in [5, 5.41) is 3.17. The molecular formula is C11H24N2OS. The van der Waals surface area contributed by atoms with Crippen molar-refractivity contribution in [2.24, 2.45) is 5.73 Å². The molecule has 0 heterocycles. The Labute approximate surface area is 97.6 Å². The largest absolute Gasteiger partial charge is 0.368 e. The van der Waals surface area contributed by atoms with Crippen molar-refractivity contribution in [1.82, 2.24) is 5.32 Å². The molecule has 0 aromatic rings. The first-order valence-corrected chi connectivity index (χ1v) is 6.98. The zero-order valence-electron chi connectivity index (χ0n) is 9.92. The maximum Gasteiger partial charge on any atom is 0.234 e. The van der Waals surface area contributed by atoms with Crippen LogP contribution in [0, 0.1) is 0 Å². The van der Waals surface area contributed by atoms with Gasteiger partial charge in [0, 0.05) is 0 Å². The quantitative estimate of drug-likeness (QED) is 0.564. The molecule has 0 saturated carbocycles. The van der Waals surface area contributed by atoms with Gasteiger partial charge in [0.2, 0.25) is 5.91 Å². The summed E-state index contributed by atoms with van der Waals surface area (Å²) >= 11 is 1.91. The lowest BCUT2D eigenvalue weighted by Gasteiger charge is -2.14. The number of hydrogen-bond acceptors (Lipinski definition) is 3.